The maximum absolute atomic E-state index is 11.1. The van der Waals surface area contributed by atoms with E-state index in [0.29, 0.717) is 12.1 Å². The number of carbonyl (C=O) groups excluding carboxylic acids is 1. The molecule has 1 amide bonds. The van der Waals surface area contributed by atoms with Gasteiger partial charge in [0.15, 0.2) is 0 Å². The van der Waals surface area contributed by atoms with E-state index in [4.69, 9.17) is 5.73 Å². The second-order valence-electron chi connectivity index (χ2n) is 3.25. The molecule has 0 saturated heterocycles. The average Bonchev–Trinajstić information content (AvgIpc) is 2.65. The van der Waals surface area contributed by atoms with Gasteiger partial charge in [-0.15, -0.1) is 11.3 Å². The number of thiazole rings is 1. The summed E-state index contributed by atoms with van der Waals surface area (Å²) in [5.41, 5.74) is 8.78. The number of nitrogens with two attached hydrogens (primary N) is 1. The van der Waals surface area contributed by atoms with Crippen molar-refractivity contribution >= 4 is 17.2 Å². The Morgan fingerprint density at radius 2 is 2.12 bits per heavy atom. The standard InChI is InChI=1S/C10H10N4OS/c1-6-8(16-5-14-6)4-7-9(10(11)15)13-3-2-12-7/h2-3,5H,4H2,1H3,(H2,11,15). The Morgan fingerprint density at radius 1 is 1.38 bits per heavy atom. The SMILES string of the molecule is Cc1ncsc1Cc1nccnc1C(N)=O. The van der Waals surface area contributed by atoms with Gasteiger partial charge in [-0.25, -0.2) is 9.97 Å². The van der Waals surface area contributed by atoms with E-state index in [1.54, 1.807) is 11.7 Å². The lowest BCUT2D eigenvalue weighted by atomic mass is 10.2. The van der Waals surface area contributed by atoms with Crippen LogP contribution in [0.25, 0.3) is 0 Å². The summed E-state index contributed by atoms with van der Waals surface area (Å²) in [6.45, 7) is 1.92. The number of nitrogens with zero attached hydrogens (tertiary/aromatic N) is 3. The molecule has 0 aliphatic heterocycles. The number of rotatable bonds is 3. The summed E-state index contributed by atoms with van der Waals surface area (Å²) < 4.78 is 0. The van der Waals surface area contributed by atoms with Crippen molar-refractivity contribution < 1.29 is 4.79 Å². The van der Waals surface area contributed by atoms with Crippen molar-refractivity contribution in [3.05, 3.63) is 39.9 Å². The van der Waals surface area contributed by atoms with Gasteiger partial charge in [-0.3, -0.25) is 9.78 Å². The van der Waals surface area contributed by atoms with Gasteiger partial charge in [-0.05, 0) is 6.92 Å². The van der Waals surface area contributed by atoms with Crippen LogP contribution in [0.15, 0.2) is 17.9 Å². The van der Waals surface area contributed by atoms with Crippen LogP contribution >= 0.6 is 11.3 Å². The Hall–Kier alpha value is -1.82. The number of hydrogen-bond acceptors (Lipinski definition) is 5. The van der Waals surface area contributed by atoms with Crippen LogP contribution in [-0.4, -0.2) is 20.9 Å². The Kier molecular flexibility index (Phi) is 2.91. The molecule has 0 aliphatic rings. The third-order valence-corrected chi connectivity index (χ3v) is 3.12. The fourth-order valence-electron chi connectivity index (χ4n) is 1.35. The van der Waals surface area contributed by atoms with Crippen LogP contribution in [0.1, 0.15) is 26.8 Å². The summed E-state index contributed by atoms with van der Waals surface area (Å²) in [6, 6.07) is 0. The van der Waals surface area contributed by atoms with E-state index in [0.717, 1.165) is 10.6 Å². The lowest BCUT2D eigenvalue weighted by Crippen LogP contribution is -2.17. The van der Waals surface area contributed by atoms with Gasteiger partial charge in [0.25, 0.3) is 5.91 Å². The second kappa shape index (κ2) is 4.36. The van der Waals surface area contributed by atoms with Gasteiger partial charge in [0.1, 0.15) is 5.69 Å². The summed E-state index contributed by atoms with van der Waals surface area (Å²) in [7, 11) is 0. The molecule has 0 spiro atoms. The molecule has 0 aliphatic carbocycles. The van der Waals surface area contributed by atoms with Crippen LogP contribution in [0.4, 0.5) is 0 Å². The predicted molar refractivity (Wildman–Crippen MR) is 60.2 cm³/mol. The van der Waals surface area contributed by atoms with Crippen molar-refractivity contribution in [3.63, 3.8) is 0 Å². The fourth-order valence-corrected chi connectivity index (χ4v) is 2.13. The molecule has 82 valence electrons. The summed E-state index contributed by atoms with van der Waals surface area (Å²) in [6.07, 6.45) is 3.56. The zero-order chi connectivity index (χ0) is 11.5. The first-order valence-electron chi connectivity index (χ1n) is 4.67. The van der Waals surface area contributed by atoms with Crippen molar-refractivity contribution in [2.45, 2.75) is 13.3 Å². The third kappa shape index (κ3) is 2.06. The molecular weight excluding hydrogens is 224 g/mol. The Bertz CT molecular complexity index is 523. The van der Waals surface area contributed by atoms with E-state index >= 15 is 0 Å². The molecule has 0 atom stereocenters. The highest BCUT2D eigenvalue weighted by Gasteiger charge is 2.13. The first-order valence-corrected chi connectivity index (χ1v) is 5.55. The Labute approximate surface area is 96.4 Å². The topological polar surface area (TPSA) is 81.8 Å². The quantitative estimate of drug-likeness (QED) is 0.856. The van der Waals surface area contributed by atoms with E-state index in [1.807, 2.05) is 6.92 Å². The average molecular weight is 234 g/mol. The number of amides is 1. The van der Waals surface area contributed by atoms with Crippen LogP contribution in [0, 0.1) is 6.92 Å². The molecule has 0 fully saturated rings. The van der Waals surface area contributed by atoms with E-state index in [2.05, 4.69) is 15.0 Å². The minimum atomic E-state index is -0.551. The first-order chi connectivity index (χ1) is 7.68. The summed E-state index contributed by atoms with van der Waals surface area (Å²) in [5.74, 6) is -0.551. The summed E-state index contributed by atoms with van der Waals surface area (Å²) in [5, 5.41) is 0. The number of aryl methyl sites for hydroxylation is 1. The van der Waals surface area contributed by atoms with Crippen LogP contribution in [0.5, 0.6) is 0 Å². The Balaban J connectivity index is 2.35. The van der Waals surface area contributed by atoms with Gasteiger partial charge >= 0.3 is 0 Å². The molecule has 2 aromatic heterocycles. The number of hydrogen-bond donors (Lipinski definition) is 1. The van der Waals surface area contributed by atoms with Crippen molar-refractivity contribution in [1.29, 1.82) is 0 Å². The summed E-state index contributed by atoms with van der Waals surface area (Å²) >= 11 is 1.53. The maximum Gasteiger partial charge on any atom is 0.269 e. The molecule has 6 heteroatoms. The first kappa shape index (κ1) is 10.7. The highest BCUT2D eigenvalue weighted by Crippen LogP contribution is 2.17. The molecule has 0 aromatic carbocycles. The molecule has 2 aromatic rings. The molecule has 2 rings (SSSR count). The molecule has 2 N–H and O–H groups in total. The molecule has 0 saturated carbocycles. The van der Waals surface area contributed by atoms with Crippen LogP contribution in [-0.2, 0) is 6.42 Å². The van der Waals surface area contributed by atoms with Gasteiger partial charge in [0.2, 0.25) is 0 Å². The lowest BCUT2D eigenvalue weighted by molar-refractivity contribution is 0.0994. The maximum atomic E-state index is 11.1. The smallest absolute Gasteiger partial charge is 0.269 e. The second-order valence-corrected chi connectivity index (χ2v) is 4.19. The van der Waals surface area contributed by atoms with Crippen LogP contribution in [0.2, 0.25) is 0 Å². The highest BCUT2D eigenvalue weighted by molar-refractivity contribution is 7.09. The molecule has 16 heavy (non-hydrogen) atoms. The third-order valence-electron chi connectivity index (χ3n) is 2.18. The minimum Gasteiger partial charge on any atom is -0.364 e. The minimum absolute atomic E-state index is 0.232. The van der Waals surface area contributed by atoms with Crippen molar-refractivity contribution in [2.75, 3.05) is 0 Å². The van der Waals surface area contributed by atoms with Crippen molar-refractivity contribution in [1.82, 2.24) is 15.0 Å². The zero-order valence-corrected chi connectivity index (χ0v) is 9.49. The zero-order valence-electron chi connectivity index (χ0n) is 8.67. The fraction of sp³-hybridized carbons (Fsp3) is 0.200. The van der Waals surface area contributed by atoms with Gasteiger partial charge in [0, 0.05) is 23.7 Å². The number of aromatic nitrogens is 3. The number of carbonyl (C=O) groups is 1. The van der Waals surface area contributed by atoms with Gasteiger partial charge in [-0.1, -0.05) is 0 Å². The summed E-state index contributed by atoms with van der Waals surface area (Å²) in [4.78, 5) is 24.4. The molecule has 0 unspecified atom stereocenters. The molecule has 0 bridgehead atoms. The lowest BCUT2D eigenvalue weighted by Gasteiger charge is -2.02. The molecule has 2 heterocycles. The van der Waals surface area contributed by atoms with Gasteiger partial charge in [-0.2, -0.15) is 0 Å². The van der Waals surface area contributed by atoms with E-state index in [-0.39, 0.29) is 5.69 Å². The van der Waals surface area contributed by atoms with Gasteiger partial charge in [0.05, 0.1) is 16.9 Å². The van der Waals surface area contributed by atoms with Crippen molar-refractivity contribution in [3.8, 4) is 0 Å². The molecular formula is C10H10N4OS. The molecule has 0 radical (unpaired) electrons. The predicted octanol–water partition coefficient (Wildman–Crippen LogP) is 0.931. The van der Waals surface area contributed by atoms with Crippen LogP contribution in [0.3, 0.4) is 0 Å². The van der Waals surface area contributed by atoms with Gasteiger partial charge < -0.3 is 5.73 Å². The van der Waals surface area contributed by atoms with Crippen molar-refractivity contribution in [2.24, 2.45) is 5.73 Å². The highest BCUT2D eigenvalue weighted by atomic mass is 32.1. The molecule has 5 nitrogen and oxygen atoms in total. The monoisotopic (exact) mass is 234 g/mol. The number of primary amides is 1. The van der Waals surface area contributed by atoms with Crippen LogP contribution < -0.4 is 5.73 Å². The normalized spacial score (nSPS) is 10.3. The van der Waals surface area contributed by atoms with E-state index in [1.165, 1.54) is 17.5 Å². The van der Waals surface area contributed by atoms with E-state index in [9.17, 15) is 4.79 Å². The van der Waals surface area contributed by atoms with E-state index < -0.39 is 5.91 Å². The Morgan fingerprint density at radius 3 is 2.75 bits per heavy atom. The largest absolute Gasteiger partial charge is 0.364 e.